The van der Waals surface area contributed by atoms with E-state index < -0.39 is 0 Å². The smallest absolute Gasteiger partial charge is 0.270 e. The minimum Gasteiger partial charge on any atom is -0.348 e. The Kier molecular flexibility index (Phi) is 4.15. The van der Waals surface area contributed by atoms with Gasteiger partial charge >= 0.3 is 0 Å². The zero-order chi connectivity index (χ0) is 13.0. The van der Waals surface area contributed by atoms with E-state index in [1.807, 2.05) is 0 Å². The molecule has 0 aromatic carbocycles. The molecule has 0 aliphatic heterocycles. The molecule has 0 saturated heterocycles. The topological polar surface area (TPSA) is 80.0 Å². The fraction of sp³-hybridized carbons (Fsp3) is 0.538. The van der Waals surface area contributed by atoms with Crippen molar-refractivity contribution in [3.8, 4) is 0 Å². The Labute approximate surface area is 107 Å². The van der Waals surface area contributed by atoms with Crippen molar-refractivity contribution in [1.82, 2.24) is 10.3 Å². The molecule has 1 heterocycles. The summed E-state index contributed by atoms with van der Waals surface area (Å²) in [6.45, 7) is 2.10. The van der Waals surface area contributed by atoms with Gasteiger partial charge in [0.05, 0.1) is 11.9 Å². The van der Waals surface area contributed by atoms with Gasteiger partial charge in [-0.25, -0.2) is 4.98 Å². The van der Waals surface area contributed by atoms with Crippen molar-refractivity contribution in [2.45, 2.75) is 38.6 Å². The molecule has 1 aliphatic rings. The molecule has 1 aliphatic carbocycles. The fourth-order valence-electron chi connectivity index (χ4n) is 1.96. The summed E-state index contributed by atoms with van der Waals surface area (Å²) in [5.41, 5.74) is 3.61. The van der Waals surface area contributed by atoms with Gasteiger partial charge in [0.15, 0.2) is 0 Å². The van der Waals surface area contributed by atoms with E-state index in [0.29, 0.717) is 11.4 Å². The number of carbonyl (C=O) groups is 1. The van der Waals surface area contributed by atoms with E-state index in [9.17, 15) is 4.79 Å². The third-order valence-corrected chi connectivity index (χ3v) is 3.31. The van der Waals surface area contributed by atoms with Crippen LogP contribution in [0.25, 0.3) is 0 Å². The summed E-state index contributed by atoms with van der Waals surface area (Å²) < 4.78 is 0. The van der Waals surface area contributed by atoms with Gasteiger partial charge in [0.1, 0.15) is 5.69 Å². The summed E-state index contributed by atoms with van der Waals surface area (Å²) in [5.74, 6) is 5.96. The highest BCUT2D eigenvalue weighted by Crippen LogP contribution is 2.34. The minimum atomic E-state index is -0.105. The van der Waals surface area contributed by atoms with Crippen LogP contribution in [0.2, 0.25) is 0 Å². The molecule has 1 fully saturated rings. The Bertz CT molecular complexity index is 400. The molecule has 1 amide bonds. The van der Waals surface area contributed by atoms with Crippen molar-refractivity contribution in [3.05, 3.63) is 24.0 Å². The highest BCUT2D eigenvalue weighted by molar-refractivity contribution is 5.92. The normalized spacial score (nSPS) is 16.1. The van der Waals surface area contributed by atoms with Crippen LogP contribution in [0, 0.1) is 5.92 Å². The Balaban J connectivity index is 1.91. The van der Waals surface area contributed by atoms with Gasteiger partial charge in [-0.3, -0.25) is 10.6 Å². The lowest BCUT2D eigenvalue weighted by molar-refractivity contribution is 0.0927. The van der Waals surface area contributed by atoms with Crippen LogP contribution in [0.4, 0.5) is 5.69 Å². The predicted molar refractivity (Wildman–Crippen MR) is 70.9 cm³/mol. The predicted octanol–water partition coefficient (Wildman–Crippen LogP) is 1.68. The van der Waals surface area contributed by atoms with E-state index in [1.165, 1.54) is 12.8 Å². The lowest BCUT2D eigenvalue weighted by atomic mass is 10.1. The van der Waals surface area contributed by atoms with Crippen LogP contribution in [0.1, 0.15) is 43.1 Å². The lowest BCUT2D eigenvalue weighted by Gasteiger charge is -2.16. The van der Waals surface area contributed by atoms with Gasteiger partial charge in [-0.1, -0.05) is 19.8 Å². The van der Waals surface area contributed by atoms with Crippen molar-refractivity contribution in [2.24, 2.45) is 11.8 Å². The molecule has 0 radical (unpaired) electrons. The maximum Gasteiger partial charge on any atom is 0.270 e. The van der Waals surface area contributed by atoms with Gasteiger partial charge in [0, 0.05) is 6.04 Å². The number of carbonyl (C=O) groups excluding carboxylic acids is 1. The molecular weight excluding hydrogens is 228 g/mol. The fourth-order valence-corrected chi connectivity index (χ4v) is 1.96. The largest absolute Gasteiger partial charge is 0.348 e. The van der Waals surface area contributed by atoms with Crippen LogP contribution in [0.5, 0.6) is 0 Å². The zero-order valence-electron chi connectivity index (χ0n) is 10.6. The van der Waals surface area contributed by atoms with Crippen LogP contribution in [0.15, 0.2) is 18.3 Å². The number of nitrogens with one attached hydrogen (secondary N) is 2. The highest BCUT2D eigenvalue weighted by Gasteiger charge is 2.25. The number of hydrogen-bond donors (Lipinski definition) is 3. The van der Waals surface area contributed by atoms with Crippen LogP contribution in [-0.4, -0.2) is 16.9 Å². The Morgan fingerprint density at radius 1 is 1.56 bits per heavy atom. The first-order valence-electron chi connectivity index (χ1n) is 6.46. The second-order valence-electron chi connectivity index (χ2n) is 4.83. The summed E-state index contributed by atoms with van der Waals surface area (Å²) in [6.07, 6.45) is 6.22. The number of hydrogen-bond acceptors (Lipinski definition) is 4. The van der Waals surface area contributed by atoms with E-state index in [-0.39, 0.29) is 11.9 Å². The van der Waals surface area contributed by atoms with Crippen LogP contribution < -0.4 is 16.6 Å². The van der Waals surface area contributed by atoms with Crippen LogP contribution >= 0.6 is 0 Å². The van der Waals surface area contributed by atoms with Gasteiger partial charge in [-0.2, -0.15) is 0 Å². The van der Waals surface area contributed by atoms with E-state index >= 15 is 0 Å². The molecule has 0 spiro atoms. The van der Waals surface area contributed by atoms with Gasteiger partial charge < -0.3 is 10.7 Å². The average Bonchev–Trinajstić information content (AvgIpc) is 3.22. The molecule has 1 atom stereocenters. The maximum absolute atomic E-state index is 12.0. The molecule has 4 N–H and O–H groups in total. The van der Waals surface area contributed by atoms with E-state index in [0.717, 1.165) is 18.8 Å². The summed E-state index contributed by atoms with van der Waals surface area (Å²) >= 11 is 0. The standard InChI is InChI=1S/C13H20N4O/c1-2-10(7-9-3-4-9)16-13(18)12-6-5-11(17-14)8-15-12/h5-6,8-10,17H,2-4,7,14H2,1H3,(H,16,18). The molecular formula is C13H20N4O. The van der Waals surface area contributed by atoms with Crippen molar-refractivity contribution in [3.63, 3.8) is 0 Å². The number of nitrogen functional groups attached to an aromatic ring is 1. The molecule has 2 rings (SSSR count). The quantitative estimate of drug-likeness (QED) is 0.528. The molecule has 5 nitrogen and oxygen atoms in total. The molecule has 98 valence electrons. The Morgan fingerprint density at radius 3 is 2.83 bits per heavy atom. The number of nitrogens with zero attached hydrogens (tertiary/aromatic N) is 1. The van der Waals surface area contributed by atoms with Crippen LogP contribution in [-0.2, 0) is 0 Å². The summed E-state index contributed by atoms with van der Waals surface area (Å²) in [4.78, 5) is 16.1. The second-order valence-corrected chi connectivity index (χ2v) is 4.83. The summed E-state index contributed by atoms with van der Waals surface area (Å²) in [7, 11) is 0. The first-order valence-corrected chi connectivity index (χ1v) is 6.46. The van der Waals surface area contributed by atoms with E-state index in [2.05, 4.69) is 22.7 Å². The number of nitrogens with two attached hydrogens (primary N) is 1. The van der Waals surface area contributed by atoms with Crippen molar-refractivity contribution in [2.75, 3.05) is 5.43 Å². The molecule has 18 heavy (non-hydrogen) atoms. The number of rotatable bonds is 6. The summed E-state index contributed by atoms with van der Waals surface area (Å²) in [6, 6.07) is 3.68. The number of anilines is 1. The monoisotopic (exact) mass is 248 g/mol. The second kappa shape index (κ2) is 5.82. The van der Waals surface area contributed by atoms with Crippen molar-refractivity contribution < 1.29 is 4.79 Å². The first-order chi connectivity index (χ1) is 8.72. The first kappa shape index (κ1) is 12.8. The SMILES string of the molecule is CCC(CC1CC1)NC(=O)c1ccc(NN)cn1. The number of aromatic nitrogens is 1. The number of amides is 1. The van der Waals surface area contributed by atoms with Gasteiger partial charge in [-0.15, -0.1) is 0 Å². The number of hydrazine groups is 1. The van der Waals surface area contributed by atoms with E-state index in [4.69, 9.17) is 5.84 Å². The van der Waals surface area contributed by atoms with Gasteiger partial charge in [0.25, 0.3) is 5.91 Å². The molecule has 1 unspecified atom stereocenters. The van der Waals surface area contributed by atoms with E-state index in [1.54, 1.807) is 18.3 Å². The number of pyridine rings is 1. The molecule has 1 aromatic heterocycles. The Hall–Kier alpha value is -1.62. The van der Waals surface area contributed by atoms with Gasteiger partial charge in [0.2, 0.25) is 0 Å². The molecule has 0 bridgehead atoms. The van der Waals surface area contributed by atoms with Crippen molar-refractivity contribution >= 4 is 11.6 Å². The molecule has 5 heteroatoms. The zero-order valence-corrected chi connectivity index (χ0v) is 10.6. The highest BCUT2D eigenvalue weighted by atomic mass is 16.1. The minimum absolute atomic E-state index is 0.105. The third-order valence-electron chi connectivity index (χ3n) is 3.31. The van der Waals surface area contributed by atoms with Crippen molar-refractivity contribution in [1.29, 1.82) is 0 Å². The molecule has 1 aromatic rings. The van der Waals surface area contributed by atoms with Crippen LogP contribution in [0.3, 0.4) is 0 Å². The third kappa shape index (κ3) is 3.43. The average molecular weight is 248 g/mol. The maximum atomic E-state index is 12.0. The van der Waals surface area contributed by atoms with Gasteiger partial charge in [-0.05, 0) is 30.9 Å². The summed E-state index contributed by atoms with van der Waals surface area (Å²) in [5, 5.41) is 3.04. The molecule has 1 saturated carbocycles. The lowest BCUT2D eigenvalue weighted by Crippen LogP contribution is -2.35. The Morgan fingerprint density at radius 2 is 2.33 bits per heavy atom.